The zero-order valence-corrected chi connectivity index (χ0v) is 18.6. The number of rotatable bonds is 4. The second kappa shape index (κ2) is 9.29. The van der Waals surface area contributed by atoms with Gasteiger partial charge in [-0.25, -0.2) is 4.79 Å². The molecule has 2 amide bonds. The van der Waals surface area contributed by atoms with Crippen LogP contribution >= 0.6 is 0 Å². The normalized spacial score (nSPS) is 16.7. The molecule has 1 fully saturated rings. The number of ether oxygens (including phenoxy) is 2. The number of amides is 2. The summed E-state index contributed by atoms with van der Waals surface area (Å²) in [6.07, 6.45) is -0.351. The molecule has 1 heterocycles. The Labute approximate surface area is 183 Å². The molecule has 7 nitrogen and oxygen atoms in total. The van der Waals surface area contributed by atoms with E-state index in [-0.39, 0.29) is 18.0 Å². The van der Waals surface area contributed by atoms with Gasteiger partial charge in [-0.3, -0.25) is 4.79 Å². The highest BCUT2D eigenvalue weighted by atomic mass is 16.6. The monoisotopic (exact) mass is 425 g/mol. The Hall–Kier alpha value is -3.22. The van der Waals surface area contributed by atoms with Crippen molar-refractivity contribution in [3.8, 4) is 5.75 Å². The highest BCUT2D eigenvalue weighted by Gasteiger charge is 2.32. The van der Waals surface area contributed by atoms with E-state index in [1.165, 1.54) is 0 Å². The van der Waals surface area contributed by atoms with Crippen LogP contribution in [-0.2, 0) is 11.3 Å². The van der Waals surface area contributed by atoms with Crippen molar-refractivity contribution in [2.45, 2.75) is 45.9 Å². The number of nitrogens with two attached hydrogens (primary N) is 1. The van der Waals surface area contributed by atoms with Crippen LogP contribution in [0.15, 0.2) is 48.5 Å². The summed E-state index contributed by atoms with van der Waals surface area (Å²) < 4.78 is 11.3. The van der Waals surface area contributed by atoms with Crippen molar-refractivity contribution >= 4 is 17.7 Å². The molecule has 0 spiro atoms. The second-order valence-electron chi connectivity index (χ2n) is 8.80. The summed E-state index contributed by atoms with van der Waals surface area (Å²) in [5.41, 5.74) is 7.55. The van der Waals surface area contributed by atoms with E-state index in [1.807, 2.05) is 58.0 Å². The van der Waals surface area contributed by atoms with E-state index in [1.54, 1.807) is 28.0 Å². The molecule has 3 rings (SSSR count). The fourth-order valence-corrected chi connectivity index (χ4v) is 3.46. The van der Waals surface area contributed by atoms with Gasteiger partial charge in [0.15, 0.2) is 0 Å². The average molecular weight is 426 g/mol. The Bertz CT molecular complexity index is 924. The highest BCUT2D eigenvalue weighted by molar-refractivity contribution is 5.95. The third-order valence-corrected chi connectivity index (χ3v) is 5.04. The fourth-order valence-electron chi connectivity index (χ4n) is 3.46. The first kappa shape index (κ1) is 22.5. The number of piperazine rings is 1. The van der Waals surface area contributed by atoms with Gasteiger partial charge in [0.05, 0.1) is 5.69 Å². The van der Waals surface area contributed by atoms with Gasteiger partial charge in [0.1, 0.15) is 18.0 Å². The first-order chi connectivity index (χ1) is 14.6. The van der Waals surface area contributed by atoms with Crippen molar-refractivity contribution in [2.24, 2.45) is 0 Å². The lowest BCUT2D eigenvalue weighted by Gasteiger charge is -2.40. The van der Waals surface area contributed by atoms with Gasteiger partial charge in [0.25, 0.3) is 5.91 Å². The van der Waals surface area contributed by atoms with Crippen LogP contribution < -0.4 is 10.5 Å². The van der Waals surface area contributed by atoms with Crippen LogP contribution in [0.25, 0.3) is 0 Å². The maximum atomic E-state index is 13.0. The zero-order chi connectivity index (χ0) is 22.6. The van der Waals surface area contributed by atoms with Crippen LogP contribution in [0.2, 0.25) is 0 Å². The van der Waals surface area contributed by atoms with Crippen molar-refractivity contribution in [3.63, 3.8) is 0 Å². The molecule has 0 unspecified atom stereocenters. The standard InChI is InChI=1S/C24H31N3O4/c1-17-15-26(12-13-27(17)23(29)31-24(2,3)4)22(28)19-10-11-21(20(25)14-19)30-16-18-8-6-5-7-9-18/h5-11,14,17H,12-13,15-16,25H2,1-4H3/t17-/m0/s1. The first-order valence-corrected chi connectivity index (χ1v) is 10.5. The molecule has 0 saturated carbocycles. The van der Waals surface area contributed by atoms with Gasteiger partial charge in [0.2, 0.25) is 0 Å². The molecule has 0 aliphatic carbocycles. The zero-order valence-electron chi connectivity index (χ0n) is 18.6. The number of anilines is 1. The quantitative estimate of drug-likeness (QED) is 0.751. The average Bonchev–Trinajstić information content (AvgIpc) is 2.71. The Kier molecular flexibility index (Phi) is 6.73. The van der Waals surface area contributed by atoms with E-state index in [0.29, 0.717) is 43.2 Å². The molecule has 0 aromatic heterocycles. The second-order valence-corrected chi connectivity index (χ2v) is 8.80. The minimum absolute atomic E-state index is 0.114. The van der Waals surface area contributed by atoms with Crippen molar-refractivity contribution < 1.29 is 19.1 Å². The third-order valence-electron chi connectivity index (χ3n) is 5.04. The fraction of sp³-hybridized carbons (Fsp3) is 0.417. The molecule has 31 heavy (non-hydrogen) atoms. The van der Waals surface area contributed by atoms with Crippen LogP contribution in [0.4, 0.5) is 10.5 Å². The van der Waals surface area contributed by atoms with Crippen LogP contribution in [0.3, 0.4) is 0 Å². The van der Waals surface area contributed by atoms with E-state index in [2.05, 4.69) is 0 Å². The number of hydrogen-bond donors (Lipinski definition) is 1. The van der Waals surface area contributed by atoms with E-state index in [9.17, 15) is 9.59 Å². The third kappa shape index (κ3) is 5.90. The van der Waals surface area contributed by atoms with Crippen LogP contribution in [0.1, 0.15) is 43.6 Å². The predicted octanol–water partition coefficient (Wildman–Crippen LogP) is 3.93. The molecule has 1 aliphatic heterocycles. The van der Waals surface area contributed by atoms with Crippen LogP contribution in [0.5, 0.6) is 5.75 Å². The van der Waals surface area contributed by atoms with Crippen LogP contribution in [-0.4, -0.2) is 53.1 Å². The molecule has 2 aromatic carbocycles. The van der Waals surface area contributed by atoms with E-state index in [0.717, 1.165) is 5.56 Å². The Balaban J connectivity index is 1.60. The largest absolute Gasteiger partial charge is 0.487 e. The molecular formula is C24H31N3O4. The van der Waals surface area contributed by atoms with Gasteiger partial charge in [-0.15, -0.1) is 0 Å². The van der Waals surface area contributed by atoms with Crippen molar-refractivity contribution in [1.29, 1.82) is 0 Å². The minimum Gasteiger partial charge on any atom is -0.487 e. The smallest absolute Gasteiger partial charge is 0.410 e. The maximum absolute atomic E-state index is 13.0. The lowest BCUT2D eigenvalue weighted by atomic mass is 10.1. The number of nitrogens with zero attached hydrogens (tertiary/aromatic N) is 2. The molecule has 0 radical (unpaired) electrons. The molecule has 1 aliphatic rings. The number of hydrogen-bond acceptors (Lipinski definition) is 5. The van der Waals surface area contributed by atoms with Gasteiger partial charge in [-0.05, 0) is 51.5 Å². The number of nitrogen functional groups attached to an aromatic ring is 1. The Morgan fingerprint density at radius 2 is 1.81 bits per heavy atom. The maximum Gasteiger partial charge on any atom is 0.410 e. The summed E-state index contributed by atoms with van der Waals surface area (Å²) in [5, 5.41) is 0. The van der Waals surface area contributed by atoms with Crippen molar-refractivity contribution in [2.75, 3.05) is 25.4 Å². The van der Waals surface area contributed by atoms with Crippen molar-refractivity contribution in [1.82, 2.24) is 9.80 Å². The molecule has 7 heteroatoms. The Morgan fingerprint density at radius 3 is 2.42 bits per heavy atom. The predicted molar refractivity (Wildman–Crippen MR) is 120 cm³/mol. The summed E-state index contributed by atoms with van der Waals surface area (Å²) in [4.78, 5) is 28.8. The van der Waals surface area contributed by atoms with Gasteiger partial charge < -0.3 is 25.0 Å². The number of carbonyl (C=O) groups is 2. The molecule has 2 N–H and O–H groups in total. The topological polar surface area (TPSA) is 85.1 Å². The van der Waals surface area contributed by atoms with Gasteiger partial charge >= 0.3 is 6.09 Å². The van der Waals surface area contributed by atoms with E-state index >= 15 is 0 Å². The summed E-state index contributed by atoms with van der Waals surface area (Å²) in [6.45, 7) is 9.14. The first-order valence-electron chi connectivity index (χ1n) is 10.5. The summed E-state index contributed by atoms with van der Waals surface area (Å²) >= 11 is 0. The van der Waals surface area contributed by atoms with Crippen LogP contribution in [0, 0.1) is 0 Å². The van der Waals surface area contributed by atoms with E-state index < -0.39 is 5.60 Å². The highest BCUT2D eigenvalue weighted by Crippen LogP contribution is 2.25. The minimum atomic E-state index is -0.550. The lowest BCUT2D eigenvalue weighted by Crippen LogP contribution is -2.56. The summed E-state index contributed by atoms with van der Waals surface area (Å²) in [5.74, 6) is 0.431. The summed E-state index contributed by atoms with van der Waals surface area (Å²) in [7, 11) is 0. The van der Waals surface area contributed by atoms with Crippen molar-refractivity contribution in [3.05, 3.63) is 59.7 Å². The molecule has 166 valence electrons. The SMILES string of the molecule is C[C@H]1CN(C(=O)c2ccc(OCc3ccccc3)c(N)c2)CCN1C(=O)OC(C)(C)C. The molecule has 1 saturated heterocycles. The van der Waals surface area contributed by atoms with Gasteiger partial charge in [-0.1, -0.05) is 30.3 Å². The molecule has 2 aromatic rings. The number of benzene rings is 2. The molecule has 1 atom stereocenters. The van der Waals surface area contributed by atoms with Gasteiger partial charge in [0, 0.05) is 31.2 Å². The summed E-state index contributed by atoms with van der Waals surface area (Å²) in [6, 6.07) is 14.8. The lowest BCUT2D eigenvalue weighted by molar-refractivity contribution is 0.00198. The number of carbonyl (C=O) groups excluding carboxylic acids is 2. The van der Waals surface area contributed by atoms with Gasteiger partial charge in [-0.2, -0.15) is 0 Å². The molecule has 0 bridgehead atoms. The molecular weight excluding hydrogens is 394 g/mol. The van der Waals surface area contributed by atoms with E-state index in [4.69, 9.17) is 15.2 Å². The Morgan fingerprint density at radius 1 is 1.10 bits per heavy atom.